The lowest BCUT2D eigenvalue weighted by atomic mass is 10.1. The minimum atomic E-state index is -1.25. The van der Waals surface area contributed by atoms with Crippen molar-refractivity contribution in [2.75, 3.05) is 14.2 Å². The van der Waals surface area contributed by atoms with E-state index >= 15 is 0 Å². The van der Waals surface area contributed by atoms with Gasteiger partial charge in [0, 0.05) is 0 Å². The Hall–Kier alpha value is -1.75. The number of carboxylic acid groups (broad SMARTS) is 1. The van der Waals surface area contributed by atoms with Gasteiger partial charge in [0.05, 0.1) is 19.8 Å². The maximum Gasteiger partial charge on any atom is 0.170 e. The van der Waals surface area contributed by atoms with E-state index in [4.69, 9.17) is 9.47 Å². The van der Waals surface area contributed by atoms with Crippen LogP contribution in [0.25, 0.3) is 0 Å². The second-order valence-electron chi connectivity index (χ2n) is 2.95. The Bertz CT molecular complexity index is 364. The van der Waals surface area contributed by atoms with Crippen molar-refractivity contribution in [1.82, 2.24) is 0 Å². The van der Waals surface area contributed by atoms with Crippen LogP contribution >= 0.6 is 0 Å². The monoisotopic (exact) mass is 211 g/mol. The Kier molecular flexibility index (Phi) is 3.51. The summed E-state index contributed by atoms with van der Waals surface area (Å²) in [5, 5.41) is 10.7. The van der Waals surface area contributed by atoms with Gasteiger partial charge in [0.1, 0.15) is 5.97 Å². The fourth-order valence-electron chi connectivity index (χ4n) is 1.31. The van der Waals surface area contributed by atoms with E-state index < -0.39 is 12.0 Å². The Morgan fingerprint density at radius 3 is 2.53 bits per heavy atom. The van der Waals surface area contributed by atoms with E-state index in [1.165, 1.54) is 14.2 Å². The molecule has 15 heavy (non-hydrogen) atoms. The van der Waals surface area contributed by atoms with Crippen molar-refractivity contribution >= 4 is 5.97 Å². The van der Waals surface area contributed by atoms with Crippen LogP contribution in [0.5, 0.6) is 11.5 Å². The van der Waals surface area contributed by atoms with Crippen LogP contribution in [-0.4, -0.2) is 20.2 Å². The SMILES string of the molecule is COc1cccc([C@H]([NH3+])C(=O)[O-])c1OC. The summed E-state index contributed by atoms with van der Waals surface area (Å²) in [4.78, 5) is 10.7. The van der Waals surface area contributed by atoms with Crippen LogP contribution in [0, 0.1) is 0 Å². The first-order chi connectivity index (χ1) is 7.11. The van der Waals surface area contributed by atoms with E-state index in [2.05, 4.69) is 5.73 Å². The molecule has 0 aromatic heterocycles. The maximum atomic E-state index is 10.7. The van der Waals surface area contributed by atoms with Gasteiger partial charge >= 0.3 is 0 Å². The van der Waals surface area contributed by atoms with E-state index in [0.29, 0.717) is 17.1 Å². The molecule has 82 valence electrons. The number of ether oxygens (including phenoxy) is 2. The number of carboxylic acids is 1. The van der Waals surface area contributed by atoms with E-state index in [0.717, 1.165) is 0 Å². The van der Waals surface area contributed by atoms with Crippen LogP contribution in [0.4, 0.5) is 0 Å². The molecular formula is C10H13NO4. The number of hydrogen-bond acceptors (Lipinski definition) is 4. The summed E-state index contributed by atoms with van der Waals surface area (Å²) in [6.45, 7) is 0. The van der Waals surface area contributed by atoms with E-state index in [1.807, 2.05) is 0 Å². The first-order valence-electron chi connectivity index (χ1n) is 4.36. The Morgan fingerprint density at radius 2 is 2.07 bits per heavy atom. The number of aliphatic carboxylic acids is 1. The molecule has 0 amide bonds. The molecule has 1 atom stereocenters. The van der Waals surface area contributed by atoms with Crippen molar-refractivity contribution in [1.29, 1.82) is 0 Å². The molecule has 3 N–H and O–H groups in total. The van der Waals surface area contributed by atoms with Gasteiger partial charge in [-0.05, 0) is 12.1 Å². The number of methoxy groups -OCH3 is 2. The highest BCUT2D eigenvalue weighted by Gasteiger charge is 2.19. The van der Waals surface area contributed by atoms with E-state index in [-0.39, 0.29) is 0 Å². The predicted octanol–water partition coefficient (Wildman–Crippen LogP) is -1.26. The highest BCUT2D eigenvalue weighted by molar-refractivity contribution is 5.73. The lowest BCUT2D eigenvalue weighted by molar-refractivity contribution is -0.443. The van der Waals surface area contributed by atoms with Gasteiger partial charge in [-0.2, -0.15) is 0 Å². The molecule has 0 aliphatic heterocycles. The molecular weight excluding hydrogens is 198 g/mol. The summed E-state index contributed by atoms with van der Waals surface area (Å²) < 4.78 is 10.1. The number of benzene rings is 1. The second kappa shape index (κ2) is 4.65. The van der Waals surface area contributed by atoms with Gasteiger partial charge < -0.3 is 25.1 Å². The van der Waals surface area contributed by atoms with Gasteiger partial charge in [-0.3, -0.25) is 0 Å². The number of quaternary nitrogens is 1. The van der Waals surface area contributed by atoms with Crippen molar-refractivity contribution in [2.24, 2.45) is 0 Å². The van der Waals surface area contributed by atoms with Gasteiger partial charge in [0.2, 0.25) is 0 Å². The predicted molar refractivity (Wildman–Crippen MR) is 50.2 cm³/mol. The molecule has 0 saturated carbocycles. The average Bonchev–Trinajstić information content (AvgIpc) is 2.26. The summed E-state index contributed by atoms with van der Waals surface area (Å²) in [5.74, 6) is -0.393. The molecule has 0 aliphatic carbocycles. The summed E-state index contributed by atoms with van der Waals surface area (Å²) in [6.07, 6.45) is 0. The van der Waals surface area contributed by atoms with Crippen LogP contribution in [0.1, 0.15) is 11.6 Å². The highest BCUT2D eigenvalue weighted by Crippen LogP contribution is 2.32. The first kappa shape index (κ1) is 11.3. The van der Waals surface area contributed by atoms with Gasteiger partial charge in [-0.25, -0.2) is 0 Å². The van der Waals surface area contributed by atoms with Crippen molar-refractivity contribution < 1.29 is 25.1 Å². The molecule has 5 nitrogen and oxygen atoms in total. The third-order valence-electron chi connectivity index (χ3n) is 2.09. The standard InChI is InChI=1S/C10H13NO4/c1-14-7-5-3-4-6(9(7)15-2)8(11)10(12)13/h3-5,8H,11H2,1-2H3,(H,12,13)/t8-/m0/s1. The van der Waals surface area contributed by atoms with E-state index in [9.17, 15) is 9.90 Å². The topological polar surface area (TPSA) is 86.2 Å². The molecule has 0 bridgehead atoms. The first-order valence-corrected chi connectivity index (χ1v) is 4.36. The molecule has 0 fully saturated rings. The smallest absolute Gasteiger partial charge is 0.170 e. The summed E-state index contributed by atoms with van der Waals surface area (Å²) in [7, 11) is 2.93. The van der Waals surface area contributed by atoms with E-state index in [1.54, 1.807) is 18.2 Å². The molecule has 1 aromatic rings. The normalized spacial score (nSPS) is 11.9. The average molecular weight is 211 g/mol. The highest BCUT2D eigenvalue weighted by atomic mass is 16.5. The molecule has 0 aliphatic rings. The zero-order valence-corrected chi connectivity index (χ0v) is 8.65. The van der Waals surface area contributed by atoms with Crippen molar-refractivity contribution in [3.8, 4) is 11.5 Å². The third kappa shape index (κ3) is 2.19. The molecule has 1 aromatic carbocycles. The zero-order chi connectivity index (χ0) is 11.4. The molecule has 0 saturated heterocycles. The number of rotatable bonds is 4. The fourth-order valence-corrected chi connectivity index (χ4v) is 1.31. The Labute approximate surface area is 87.4 Å². The second-order valence-corrected chi connectivity index (χ2v) is 2.95. The minimum absolute atomic E-state index is 0.379. The van der Waals surface area contributed by atoms with Crippen molar-refractivity contribution in [3.05, 3.63) is 23.8 Å². The van der Waals surface area contributed by atoms with Crippen LogP contribution in [-0.2, 0) is 4.79 Å². The summed E-state index contributed by atoms with van der Waals surface area (Å²) in [6, 6.07) is 4.01. The van der Waals surface area contributed by atoms with Crippen LogP contribution in [0.3, 0.4) is 0 Å². The number of carbonyl (C=O) groups excluding carboxylic acids is 1. The molecule has 0 spiro atoms. The van der Waals surface area contributed by atoms with Crippen LogP contribution in [0.2, 0.25) is 0 Å². The van der Waals surface area contributed by atoms with Gasteiger partial charge in [0.15, 0.2) is 17.5 Å². The largest absolute Gasteiger partial charge is 0.544 e. The van der Waals surface area contributed by atoms with Crippen LogP contribution < -0.4 is 20.3 Å². The van der Waals surface area contributed by atoms with Gasteiger partial charge in [-0.1, -0.05) is 6.07 Å². The third-order valence-corrected chi connectivity index (χ3v) is 2.09. The lowest BCUT2D eigenvalue weighted by Gasteiger charge is -2.15. The zero-order valence-electron chi connectivity index (χ0n) is 8.65. The summed E-state index contributed by atoms with van der Waals surface area (Å²) >= 11 is 0. The molecule has 0 heterocycles. The number of carbonyl (C=O) groups is 1. The molecule has 0 unspecified atom stereocenters. The summed E-state index contributed by atoms with van der Waals surface area (Å²) in [5.41, 5.74) is 3.94. The van der Waals surface area contributed by atoms with Gasteiger partial charge in [0.25, 0.3) is 0 Å². The minimum Gasteiger partial charge on any atom is -0.544 e. The Morgan fingerprint density at radius 1 is 1.40 bits per heavy atom. The quantitative estimate of drug-likeness (QED) is 0.673. The maximum absolute atomic E-state index is 10.7. The molecule has 1 rings (SSSR count). The molecule has 5 heteroatoms. The van der Waals surface area contributed by atoms with Gasteiger partial charge in [-0.15, -0.1) is 0 Å². The number of para-hydroxylation sites is 1. The molecule has 0 radical (unpaired) electrons. The van der Waals surface area contributed by atoms with Crippen molar-refractivity contribution in [3.63, 3.8) is 0 Å². The Balaban J connectivity index is 3.22. The van der Waals surface area contributed by atoms with Crippen LogP contribution in [0.15, 0.2) is 18.2 Å². The number of hydrogen-bond donors (Lipinski definition) is 1. The van der Waals surface area contributed by atoms with Crippen molar-refractivity contribution in [2.45, 2.75) is 6.04 Å². The fraction of sp³-hybridized carbons (Fsp3) is 0.300. The lowest BCUT2D eigenvalue weighted by Crippen LogP contribution is -2.61.